The number of carbonyl (C=O) groups excluding carboxylic acids is 1. The number of hydrogen-bond acceptors (Lipinski definition) is 8. The Balaban J connectivity index is 0.834. The molecule has 3 saturated carbocycles. The molecule has 0 amide bonds. The molecular weight excluding hydrogens is 644 g/mol. The maximum Gasteiger partial charge on any atom is 0.308 e. The number of aryl methyl sites for hydroxylation is 1. The van der Waals surface area contributed by atoms with Gasteiger partial charge in [-0.2, -0.15) is 0 Å². The van der Waals surface area contributed by atoms with E-state index in [1.54, 1.807) is 0 Å². The van der Waals surface area contributed by atoms with Gasteiger partial charge in [-0.05, 0) is 128 Å². The van der Waals surface area contributed by atoms with E-state index < -0.39 is 23.8 Å². The van der Waals surface area contributed by atoms with Crippen LogP contribution in [0.15, 0.2) is 48.5 Å². The summed E-state index contributed by atoms with van der Waals surface area (Å²) in [6.45, 7) is 9.54. The molecule has 4 heterocycles. The van der Waals surface area contributed by atoms with E-state index in [0.29, 0.717) is 36.2 Å². The highest BCUT2D eigenvalue weighted by molar-refractivity contribution is 5.70. The summed E-state index contributed by atoms with van der Waals surface area (Å²) in [5, 5.41) is 11.8. The lowest BCUT2D eigenvalue weighted by atomic mass is 9.55. The fraction of sp³-hybridized carbons (Fsp3) is 0.698. The summed E-state index contributed by atoms with van der Waals surface area (Å²) in [4.78, 5) is 25.8. The molecule has 14 atom stereocenters. The largest absolute Gasteiger partial charge is 0.489 e. The number of aliphatic hydroxyl groups excluding tert-OH is 1. The van der Waals surface area contributed by atoms with Crippen LogP contribution in [0.5, 0.6) is 5.75 Å². The summed E-state index contributed by atoms with van der Waals surface area (Å²) in [5.74, 6) is 2.27. The first-order valence-corrected chi connectivity index (χ1v) is 19.9. The van der Waals surface area contributed by atoms with Gasteiger partial charge in [0.2, 0.25) is 5.79 Å². The van der Waals surface area contributed by atoms with Crippen LogP contribution in [-0.2, 0) is 41.8 Å². The zero-order valence-corrected chi connectivity index (χ0v) is 30.8. The number of hydrogen-bond donors (Lipinski definition) is 1. The first-order valence-electron chi connectivity index (χ1n) is 19.9. The molecule has 8 aliphatic rings. The molecule has 1 spiro atoms. The lowest BCUT2D eigenvalue weighted by Crippen LogP contribution is -2.70. The van der Waals surface area contributed by atoms with Crippen molar-refractivity contribution in [1.82, 2.24) is 0 Å². The third-order valence-electron chi connectivity index (χ3n) is 15.2. The zero-order valence-electron chi connectivity index (χ0n) is 30.8. The molecule has 2 bridgehead atoms. The third-order valence-corrected chi connectivity index (χ3v) is 15.2. The maximum absolute atomic E-state index is 13.5. The molecule has 0 radical (unpaired) electrons. The van der Waals surface area contributed by atoms with Crippen LogP contribution in [-0.4, -0.2) is 47.6 Å². The summed E-state index contributed by atoms with van der Waals surface area (Å²) >= 11 is 0. The molecule has 4 saturated heterocycles. The molecule has 10 rings (SSSR count). The molecule has 0 unspecified atom stereocenters. The first kappa shape index (κ1) is 34.3. The van der Waals surface area contributed by atoms with E-state index in [1.165, 1.54) is 16.7 Å². The Kier molecular flexibility index (Phi) is 8.62. The highest BCUT2D eigenvalue weighted by atomic mass is 17.3. The normalized spacial score (nSPS) is 45.1. The Hall–Kier alpha value is -2.49. The Bertz CT molecular complexity index is 1610. The van der Waals surface area contributed by atoms with Gasteiger partial charge in [0, 0.05) is 18.3 Å². The number of aliphatic hydroxyl groups is 1. The van der Waals surface area contributed by atoms with Crippen molar-refractivity contribution in [3.63, 3.8) is 0 Å². The van der Waals surface area contributed by atoms with Crippen LogP contribution in [0.1, 0.15) is 108 Å². The summed E-state index contributed by atoms with van der Waals surface area (Å²) in [5.41, 5.74) is 3.25. The fourth-order valence-electron chi connectivity index (χ4n) is 12.3. The lowest BCUT2D eigenvalue weighted by molar-refractivity contribution is -0.571. The summed E-state index contributed by atoms with van der Waals surface area (Å²) in [6, 6.07) is 17.0. The van der Waals surface area contributed by atoms with E-state index in [1.807, 2.05) is 25.1 Å². The molecule has 4 aliphatic heterocycles. The molecule has 8 nitrogen and oxygen atoms in total. The van der Waals surface area contributed by atoms with Crippen molar-refractivity contribution in [1.29, 1.82) is 0 Å². The van der Waals surface area contributed by atoms with Crippen LogP contribution in [0, 0.1) is 46.8 Å². The van der Waals surface area contributed by atoms with Gasteiger partial charge in [0.25, 0.3) is 0 Å². The average molecular weight is 701 g/mol. The number of carbonyl (C=O) groups is 1. The van der Waals surface area contributed by atoms with Crippen molar-refractivity contribution in [2.75, 3.05) is 6.61 Å². The van der Waals surface area contributed by atoms with Crippen LogP contribution in [0.4, 0.5) is 0 Å². The summed E-state index contributed by atoms with van der Waals surface area (Å²) in [7, 11) is 0. The number of benzene rings is 2. The van der Waals surface area contributed by atoms with E-state index in [-0.39, 0.29) is 48.3 Å². The molecule has 51 heavy (non-hydrogen) atoms. The minimum atomic E-state index is -0.839. The van der Waals surface area contributed by atoms with Crippen LogP contribution in [0.25, 0.3) is 0 Å². The second-order valence-electron chi connectivity index (χ2n) is 17.9. The van der Waals surface area contributed by atoms with Gasteiger partial charge in [-0.15, -0.1) is 0 Å². The minimum Gasteiger partial charge on any atom is -0.489 e. The van der Waals surface area contributed by atoms with Crippen molar-refractivity contribution in [3.05, 3.63) is 65.2 Å². The molecular formula is C43H56O8. The maximum atomic E-state index is 13.5. The van der Waals surface area contributed by atoms with Crippen molar-refractivity contribution < 1.29 is 38.6 Å². The van der Waals surface area contributed by atoms with E-state index in [2.05, 4.69) is 51.1 Å². The smallest absolute Gasteiger partial charge is 0.308 e. The SMILES string of the molecule is C[C@H]1[C@@H](CC(=O)OC[C@H]2C[C@H]3[C@@H]4CCc5cc(OCc6ccccc6)ccc5[C@H]4CC[C@]3(C)[C@H]2O)O[C@@H]2O[C@@]3(C)CC[C@H]4[C@H](C)CC[C@@H]1[C@@]24OO3. The number of esters is 1. The highest BCUT2D eigenvalue weighted by Crippen LogP contribution is 2.63. The Morgan fingerprint density at radius 3 is 2.63 bits per heavy atom. The van der Waals surface area contributed by atoms with Crippen molar-refractivity contribution >= 4 is 5.97 Å². The molecule has 2 aromatic rings. The highest BCUT2D eigenvalue weighted by Gasteiger charge is 2.69. The molecule has 7 fully saturated rings. The quantitative estimate of drug-likeness (QED) is 0.230. The van der Waals surface area contributed by atoms with E-state index in [0.717, 1.165) is 63.5 Å². The van der Waals surface area contributed by atoms with Gasteiger partial charge in [0.15, 0.2) is 11.9 Å². The zero-order chi connectivity index (χ0) is 35.1. The standard InChI is InChI=1S/C43H56O8/c1-25-10-15-35-26(2)37(48-40-43(35)34(25)17-19-42(4,49-40)50-51-43)22-38(44)47-24-29-21-36-33-13-11-28-20-30(46-23-27-8-6-5-7-9-27)12-14-31(28)32(33)16-18-41(36,3)39(29)45/h5-9,12,14,20,25-26,29,32-37,39-40,45H,10-11,13,15-19,21-24H2,1-4H3/t25-,26-,29-,32-,33-,34+,35+,36+,37-,39+,40-,41+,42-,43-/m1/s1. The van der Waals surface area contributed by atoms with Crippen LogP contribution in [0.2, 0.25) is 0 Å². The Morgan fingerprint density at radius 2 is 1.78 bits per heavy atom. The fourth-order valence-corrected chi connectivity index (χ4v) is 12.3. The summed E-state index contributed by atoms with van der Waals surface area (Å²) < 4.78 is 25.4. The van der Waals surface area contributed by atoms with Gasteiger partial charge in [0.05, 0.1) is 25.2 Å². The van der Waals surface area contributed by atoms with Gasteiger partial charge in [-0.1, -0.05) is 57.2 Å². The van der Waals surface area contributed by atoms with Crippen LogP contribution >= 0.6 is 0 Å². The molecule has 8 heteroatoms. The topological polar surface area (TPSA) is 92.7 Å². The van der Waals surface area contributed by atoms with Gasteiger partial charge >= 0.3 is 5.97 Å². The predicted molar refractivity (Wildman–Crippen MR) is 189 cm³/mol. The summed E-state index contributed by atoms with van der Waals surface area (Å²) in [6.07, 6.45) is 7.79. The van der Waals surface area contributed by atoms with Crippen LogP contribution in [0.3, 0.4) is 0 Å². The van der Waals surface area contributed by atoms with E-state index >= 15 is 0 Å². The van der Waals surface area contributed by atoms with Crippen molar-refractivity contribution in [3.8, 4) is 5.75 Å². The van der Waals surface area contributed by atoms with Gasteiger partial charge in [0.1, 0.15) is 12.4 Å². The van der Waals surface area contributed by atoms with Crippen molar-refractivity contribution in [2.45, 2.75) is 134 Å². The van der Waals surface area contributed by atoms with Crippen molar-refractivity contribution in [2.24, 2.45) is 46.8 Å². The second-order valence-corrected chi connectivity index (χ2v) is 17.9. The molecule has 1 N–H and O–H groups in total. The third kappa shape index (κ3) is 5.60. The Morgan fingerprint density at radius 1 is 0.941 bits per heavy atom. The number of ether oxygens (including phenoxy) is 4. The molecule has 0 aromatic heterocycles. The minimum absolute atomic E-state index is 0.0576. The second kappa shape index (κ2) is 12.8. The van der Waals surface area contributed by atoms with E-state index in [4.69, 9.17) is 28.7 Å². The lowest BCUT2D eigenvalue weighted by Gasteiger charge is -2.60. The monoisotopic (exact) mass is 700 g/mol. The first-order chi connectivity index (χ1) is 24.6. The number of fused-ring (bicyclic) bond motifs is 7. The van der Waals surface area contributed by atoms with E-state index in [9.17, 15) is 9.90 Å². The molecule has 2 aromatic carbocycles. The molecule has 4 aliphatic carbocycles. The van der Waals surface area contributed by atoms with Crippen LogP contribution < -0.4 is 4.74 Å². The van der Waals surface area contributed by atoms with Gasteiger partial charge < -0.3 is 24.1 Å². The molecule has 276 valence electrons. The predicted octanol–water partition coefficient (Wildman–Crippen LogP) is 7.89. The average Bonchev–Trinajstić information content (AvgIpc) is 3.22. The van der Waals surface area contributed by atoms with Gasteiger partial charge in [-0.25, -0.2) is 9.78 Å². The van der Waals surface area contributed by atoms with Gasteiger partial charge in [-0.3, -0.25) is 4.79 Å². The number of rotatable bonds is 7. The Labute approximate surface area is 302 Å².